The monoisotopic (exact) mass is 264 g/mol. The van der Waals surface area contributed by atoms with Gasteiger partial charge in [0.15, 0.2) is 0 Å². The summed E-state index contributed by atoms with van der Waals surface area (Å²) in [4.78, 5) is 11.0. The molecule has 19 heavy (non-hydrogen) atoms. The van der Waals surface area contributed by atoms with E-state index >= 15 is 0 Å². The lowest BCUT2D eigenvalue weighted by molar-refractivity contribution is 0.352. The van der Waals surface area contributed by atoms with Crippen LogP contribution in [0.1, 0.15) is 31.7 Å². The minimum absolute atomic E-state index is 0.723. The average Bonchev–Trinajstić information content (AvgIpc) is 2.94. The van der Waals surface area contributed by atoms with Crippen molar-refractivity contribution in [2.24, 2.45) is 5.84 Å². The van der Waals surface area contributed by atoms with E-state index in [0.717, 1.165) is 43.1 Å². The summed E-state index contributed by atoms with van der Waals surface area (Å²) >= 11 is 0. The Morgan fingerprint density at radius 2 is 2.00 bits per heavy atom. The summed E-state index contributed by atoms with van der Waals surface area (Å²) in [6, 6.07) is 0. The molecule has 6 nitrogen and oxygen atoms in total. The number of rotatable bonds is 7. The van der Waals surface area contributed by atoms with Crippen LogP contribution in [-0.2, 0) is 6.42 Å². The minimum Gasteiger partial charge on any atom is -0.368 e. The number of nitrogens with zero attached hydrogens (tertiary/aromatic N) is 3. The molecule has 1 fully saturated rings. The highest BCUT2D eigenvalue weighted by Gasteiger charge is 2.12. The predicted molar refractivity (Wildman–Crippen MR) is 78.0 cm³/mol. The fraction of sp³-hybridized carbons (Fsp3) is 0.692. The first kappa shape index (κ1) is 14.0. The van der Waals surface area contributed by atoms with E-state index in [4.69, 9.17) is 5.84 Å². The molecule has 0 bridgehead atoms. The molecular formula is C13H24N6. The molecule has 2 heterocycles. The number of nitrogens with two attached hydrogens (primary N) is 1. The van der Waals surface area contributed by atoms with Gasteiger partial charge < -0.3 is 15.6 Å². The molecular weight excluding hydrogens is 240 g/mol. The zero-order chi connectivity index (χ0) is 13.5. The largest absolute Gasteiger partial charge is 0.368 e. The molecule has 0 aromatic carbocycles. The summed E-state index contributed by atoms with van der Waals surface area (Å²) in [7, 11) is 0. The van der Waals surface area contributed by atoms with Gasteiger partial charge in [0.1, 0.15) is 18.0 Å². The topological polar surface area (TPSA) is 79.1 Å². The third-order valence-corrected chi connectivity index (χ3v) is 3.50. The highest BCUT2D eigenvalue weighted by atomic mass is 15.3. The maximum absolute atomic E-state index is 5.50. The first-order chi connectivity index (χ1) is 9.35. The van der Waals surface area contributed by atoms with Crippen LogP contribution in [0.4, 0.5) is 11.6 Å². The minimum atomic E-state index is 0.723. The smallest absolute Gasteiger partial charge is 0.148 e. The number of likely N-dealkylation sites (tertiary alicyclic amines) is 1. The molecule has 6 heteroatoms. The molecule has 4 N–H and O–H groups in total. The van der Waals surface area contributed by atoms with Gasteiger partial charge in [-0.1, -0.05) is 13.3 Å². The summed E-state index contributed by atoms with van der Waals surface area (Å²) in [6.07, 6.45) is 6.17. The lowest BCUT2D eigenvalue weighted by Crippen LogP contribution is -2.26. The molecule has 1 saturated heterocycles. The van der Waals surface area contributed by atoms with Crippen LogP contribution in [0.25, 0.3) is 0 Å². The maximum atomic E-state index is 5.50. The van der Waals surface area contributed by atoms with Gasteiger partial charge in [0, 0.05) is 18.7 Å². The van der Waals surface area contributed by atoms with Gasteiger partial charge in [0.25, 0.3) is 0 Å². The zero-order valence-corrected chi connectivity index (χ0v) is 11.7. The van der Waals surface area contributed by atoms with Gasteiger partial charge in [-0.05, 0) is 32.4 Å². The summed E-state index contributed by atoms with van der Waals surface area (Å²) in [5.74, 6) is 7.13. The van der Waals surface area contributed by atoms with Gasteiger partial charge in [-0.15, -0.1) is 0 Å². The molecule has 2 rings (SSSR count). The number of nitrogens with one attached hydrogen (secondary N) is 2. The Bertz CT molecular complexity index is 389. The molecule has 0 saturated carbocycles. The Balaban J connectivity index is 1.94. The normalized spacial score (nSPS) is 15.7. The second-order valence-electron chi connectivity index (χ2n) is 4.92. The fourth-order valence-corrected chi connectivity index (χ4v) is 2.51. The predicted octanol–water partition coefficient (Wildman–Crippen LogP) is 1.22. The molecule has 1 aliphatic heterocycles. The van der Waals surface area contributed by atoms with Gasteiger partial charge in [0.2, 0.25) is 0 Å². The molecule has 0 aliphatic carbocycles. The van der Waals surface area contributed by atoms with Crippen LogP contribution in [-0.4, -0.2) is 41.0 Å². The van der Waals surface area contributed by atoms with E-state index in [1.165, 1.54) is 25.9 Å². The van der Waals surface area contributed by atoms with E-state index in [1.807, 2.05) is 0 Å². The molecule has 0 radical (unpaired) electrons. The van der Waals surface area contributed by atoms with Gasteiger partial charge in [-0.25, -0.2) is 15.8 Å². The first-order valence-corrected chi connectivity index (χ1v) is 7.12. The Kier molecular flexibility index (Phi) is 5.35. The second kappa shape index (κ2) is 7.25. The number of hydrogen-bond donors (Lipinski definition) is 3. The van der Waals surface area contributed by atoms with E-state index in [0.29, 0.717) is 0 Å². The summed E-state index contributed by atoms with van der Waals surface area (Å²) < 4.78 is 0. The van der Waals surface area contributed by atoms with Crippen LogP contribution < -0.4 is 16.6 Å². The second-order valence-corrected chi connectivity index (χ2v) is 4.92. The lowest BCUT2D eigenvalue weighted by Gasteiger charge is -2.17. The van der Waals surface area contributed by atoms with Crippen LogP contribution in [0.5, 0.6) is 0 Å². The van der Waals surface area contributed by atoms with Crippen molar-refractivity contribution in [3.05, 3.63) is 11.9 Å². The van der Waals surface area contributed by atoms with Crippen molar-refractivity contribution in [3.8, 4) is 0 Å². The molecule has 0 spiro atoms. The SMILES string of the molecule is CCCc1c(NN)ncnc1NCCN1CCCC1. The van der Waals surface area contributed by atoms with Gasteiger partial charge in [-0.2, -0.15) is 0 Å². The number of anilines is 2. The van der Waals surface area contributed by atoms with E-state index in [2.05, 4.69) is 32.5 Å². The quantitative estimate of drug-likeness (QED) is 0.508. The number of nitrogen functional groups attached to an aromatic ring is 1. The van der Waals surface area contributed by atoms with Crippen LogP contribution >= 0.6 is 0 Å². The standard InChI is InChI=1S/C13H24N6/c1-2-5-11-12(16-10-17-13(11)18-14)15-6-9-19-7-3-4-8-19/h10H,2-9,14H2,1H3,(H2,15,16,17,18). The van der Waals surface area contributed by atoms with Crippen LogP contribution in [0.15, 0.2) is 6.33 Å². The fourth-order valence-electron chi connectivity index (χ4n) is 2.51. The van der Waals surface area contributed by atoms with Crippen molar-refractivity contribution in [1.82, 2.24) is 14.9 Å². The maximum Gasteiger partial charge on any atom is 0.148 e. The summed E-state index contributed by atoms with van der Waals surface area (Å²) in [5.41, 5.74) is 3.73. The van der Waals surface area contributed by atoms with E-state index in [1.54, 1.807) is 6.33 Å². The molecule has 106 valence electrons. The van der Waals surface area contributed by atoms with E-state index in [9.17, 15) is 0 Å². The summed E-state index contributed by atoms with van der Waals surface area (Å²) in [6.45, 7) is 6.58. The van der Waals surface area contributed by atoms with Crippen LogP contribution in [0.2, 0.25) is 0 Å². The Hall–Kier alpha value is -1.40. The van der Waals surface area contributed by atoms with Gasteiger partial charge in [0.05, 0.1) is 0 Å². The zero-order valence-electron chi connectivity index (χ0n) is 11.7. The van der Waals surface area contributed by atoms with Gasteiger partial charge >= 0.3 is 0 Å². The molecule has 0 atom stereocenters. The molecule has 1 aromatic heterocycles. The highest BCUT2D eigenvalue weighted by molar-refractivity contribution is 5.56. The Morgan fingerprint density at radius 1 is 1.26 bits per heavy atom. The molecule has 0 unspecified atom stereocenters. The molecule has 1 aromatic rings. The summed E-state index contributed by atoms with van der Waals surface area (Å²) in [5, 5.41) is 3.41. The Labute approximate surface area is 114 Å². The number of hydrazine groups is 1. The van der Waals surface area contributed by atoms with Crippen molar-refractivity contribution in [3.63, 3.8) is 0 Å². The molecule has 0 amide bonds. The third-order valence-electron chi connectivity index (χ3n) is 3.50. The Morgan fingerprint density at radius 3 is 2.68 bits per heavy atom. The third kappa shape index (κ3) is 3.78. The first-order valence-electron chi connectivity index (χ1n) is 7.12. The van der Waals surface area contributed by atoms with Crippen molar-refractivity contribution in [2.75, 3.05) is 36.9 Å². The average molecular weight is 264 g/mol. The van der Waals surface area contributed by atoms with E-state index in [-0.39, 0.29) is 0 Å². The van der Waals surface area contributed by atoms with Gasteiger partial charge in [-0.3, -0.25) is 0 Å². The van der Waals surface area contributed by atoms with Crippen molar-refractivity contribution in [2.45, 2.75) is 32.6 Å². The number of hydrogen-bond acceptors (Lipinski definition) is 6. The van der Waals surface area contributed by atoms with Crippen LogP contribution in [0, 0.1) is 0 Å². The molecule has 1 aliphatic rings. The van der Waals surface area contributed by atoms with Crippen molar-refractivity contribution in [1.29, 1.82) is 0 Å². The lowest BCUT2D eigenvalue weighted by atomic mass is 10.1. The highest BCUT2D eigenvalue weighted by Crippen LogP contribution is 2.20. The van der Waals surface area contributed by atoms with E-state index < -0.39 is 0 Å². The van der Waals surface area contributed by atoms with Crippen molar-refractivity contribution < 1.29 is 0 Å². The van der Waals surface area contributed by atoms with Crippen molar-refractivity contribution >= 4 is 11.6 Å². The number of aromatic nitrogens is 2. The van der Waals surface area contributed by atoms with Crippen LogP contribution in [0.3, 0.4) is 0 Å².